The summed E-state index contributed by atoms with van der Waals surface area (Å²) in [5.74, 6) is -0.642. The van der Waals surface area contributed by atoms with E-state index in [4.69, 9.17) is 4.74 Å². The van der Waals surface area contributed by atoms with E-state index in [9.17, 15) is 14.0 Å². The quantitative estimate of drug-likeness (QED) is 0.654. The Labute approximate surface area is 172 Å². The van der Waals surface area contributed by atoms with Crippen LogP contribution in [0, 0.1) is 5.82 Å². The number of piperidine rings is 1. The lowest BCUT2D eigenvalue weighted by Gasteiger charge is -2.38. The fraction of sp³-hybridized carbons (Fsp3) is 0.632. The van der Waals surface area contributed by atoms with E-state index in [1.54, 1.807) is 9.80 Å². The third kappa shape index (κ3) is 5.00. The number of nitrogens with zero attached hydrogens (tertiary/aromatic N) is 4. The van der Waals surface area contributed by atoms with Gasteiger partial charge in [0.15, 0.2) is 5.82 Å². The minimum Gasteiger partial charge on any atom is -0.450 e. The van der Waals surface area contributed by atoms with E-state index in [2.05, 4.69) is 25.8 Å². The van der Waals surface area contributed by atoms with Gasteiger partial charge in [-0.1, -0.05) is 0 Å². The second-order valence-electron chi connectivity index (χ2n) is 7.07. The van der Waals surface area contributed by atoms with Gasteiger partial charge < -0.3 is 14.5 Å². The molecule has 0 bridgehead atoms. The molecule has 2 aliphatic rings. The molecule has 2 saturated heterocycles. The maximum absolute atomic E-state index is 13.3. The van der Waals surface area contributed by atoms with E-state index in [1.807, 2.05) is 6.92 Å². The van der Waals surface area contributed by atoms with Crippen LogP contribution < -0.4 is 0 Å². The minimum absolute atomic E-state index is 0.0592. The van der Waals surface area contributed by atoms with Gasteiger partial charge in [0.05, 0.1) is 6.61 Å². The summed E-state index contributed by atoms with van der Waals surface area (Å²) >= 11 is 3.03. The van der Waals surface area contributed by atoms with Gasteiger partial charge in [-0.3, -0.25) is 9.69 Å². The van der Waals surface area contributed by atoms with Gasteiger partial charge in [-0.2, -0.15) is 0 Å². The molecule has 0 aliphatic carbocycles. The number of aromatic nitrogens is 1. The molecule has 0 atom stereocenters. The summed E-state index contributed by atoms with van der Waals surface area (Å²) in [6, 6.07) is 3.08. The first-order chi connectivity index (χ1) is 13.5. The van der Waals surface area contributed by atoms with Gasteiger partial charge in [-0.05, 0) is 54.2 Å². The number of hydrogen-bond acceptors (Lipinski definition) is 5. The van der Waals surface area contributed by atoms with Crippen LogP contribution in [0.2, 0.25) is 0 Å². The smallest absolute Gasteiger partial charge is 0.409 e. The van der Waals surface area contributed by atoms with Crippen molar-refractivity contribution in [1.82, 2.24) is 19.7 Å². The molecule has 28 heavy (non-hydrogen) atoms. The fourth-order valence-corrected chi connectivity index (χ4v) is 4.16. The number of hydrogen-bond donors (Lipinski definition) is 0. The van der Waals surface area contributed by atoms with Gasteiger partial charge in [-0.25, -0.2) is 14.2 Å². The number of carbonyl (C=O) groups excluding carboxylic acids is 2. The fourth-order valence-electron chi connectivity index (χ4n) is 3.83. The molecule has 1 aromatic heterocycles. The largest absolute Gasteiger partial charge is 0.450 e. The SMILES string of the molecule is CCOC(=O)N1CCCN(C2CCN(C(=O)c3ccc(F)c(Br)n3)CC2)CC1. The van der Waals surface area contributed by atoms with Crippen LogP contribution >= 0.6 is 15.9 Å². The van der Waals surface area contributed by atoms with E-state index < -0.39 is 5.82 Å². The third-order valence-electron chi connectivity index (χ3n) is 5.35. The van der Waals surface area contributed by atoms with Crippen molar-refractivity contribution in [3.63, 3.8) is 0 Å². The molecule has 1 aromatic rings. The molecule has 3 rings (SSSR count). The Morgan fingerprint density at radius 3 is 2.57 bits per heavy atom. The minimum atomic E-state index is -0.478. The summed E-state index contributed by atoms with van der Waals surface area (Å²) in [4.78, 5) is 34.6. The van der Waals surface area contributed by atoms with Crippen molar-refractivity contribution < 1.29 is 18.7 Å². The summed E-state index contributed by atoms with van der Waals surface area (Å²) in [6.07, 6.45) is 2.45. The van der Waals surface area contributed by atoms with Gasteiger partial charge in [0.1, 0.15) is 10.3 Å². The molecule has 2 fully saturated rings. The van der Waals surface area contributed by atoms with Crippen molar-refractivity contribution in [2.75, 3.05) is 45.9 Å². The van der Waals surface area contributed by atoms with E-state index in [1.165, 1.54) is 12.1 Å². The Morgan fingerprint density at radius 1 is 1.14 bits per heavy atom. The first kappa shape index (κ1) is 21.0. The van der Waals surface area contributed by atoms with Crippen molar-refractivity contribution in [3.05, 3.63) is 28.2 Å². The Bertz CT molecular complexity index is 712. The van der Waals surface area contributed by atoms with Gasteiger partial charge in [0.25, 0.3) is 5.91 Å². The maximum atomic E-state index is 13.3. The van der Waals surface area contributed by atoms with E-state index in [-0.39, 0.29) is 22.3 Å². The average molecular weight is 457 g/mol. The van der Waals surface area contributed by atoms with Gasteiger partial charge in [-0.15, -0.1) is 0 Å². The number of pyridine rings is 1. The van der Waals surface area contributed by atoms with Crippen molar-refractivity contribution >= 4 is 27.9 Å². The standard InChI is InChI=1S/C19H26BrFN4O3/c1-2-28-19(27)25-9-3-8-23(12-13-25)14-6-10-24(11-7-14)18(26)16-5-4-15(21)17(20)22-16/h4-5,14H,2-3,6-13H2,1H3. The predicted molar refractivity (Wildman–Crippen MR) is 106 cm³/mol. The highest BCUT2D eigenvalue weighted by Crippen LogP contribution is 2.21. The number of halogens is 2. The van der Waals surface area contributed by atoms with E-state index in [0.29, 0.717) is 32.3 Å². The second-order valence-corrected chi connectivity index (χ2v) is 7.82. The zero-order valence-corrected chi connectivity index (χ0v) is 17.7. The molecule has 0 aromatic carbocycles. The predicted octanol–water partition coefficient (Wildman–Crippen LogP) is 2.75. The van der Waals surface area contributed by atoms with Crippen molar-refractivity contribution in [2.24, 2.45) is 0 Å². The van der Waals surface area contributed by atoms with Crippen LogP contribution in [0.25, 0.3) is 0 Å². The monoisotopic (exact) mass is 456 g/mol. The summed E-state index contributed by atoms with van der Waals surface area (Å²) in [7, 11) is 0. The molecule has 7 nitrogen and oxygen atoms in total. The van der Waals surface area contributed by atoms with Crippen LogP contribution in [-0.4, -0.2) is 83.6 Å². The molecule has 0 saturated carbocycles. The molecular formula is C19H26BrFN4O3. The first-order valence-electron chi connectivity index (χ1n) is 9.76. The molecule has 0 N–H and O–H groups in total. The maximum Gasteiger partial charge on any atom is 0.409 e. The van der Waals surface area contributed by atoms with Crippen LogP contribution in [0.4, 0.5) is 9.18 Å². The molecule has 154 valence electrons. The van der Waals surface area contributed by atoms with Gasteiger partial charge in [0, 0.05) is 45.3 Å². The third-order valence-corrected chi connectivity index (χ3v) is 5.90. The zero-order chi connectivity index (χ0) is 20.1. The molecule has 3 heterocycles. The second kappa shape index (κ2) is 9.65. The number of likely N-dealkylation sites (tertiary alicyclic amines) is 1. The number of ether oxygens (including phenoxy) is 1. The number of carbonyl (C=O) groups is 2. The highest BCUT2D eigenvalue weighted by molar-refractivity contribution is 9.10. The highest BCUT2D eigenvalue weighted by Gasteiger charge is 2.30. The molecular weight excluding hydrogens is 431 g/mol. The summed E-state index contributed by atoms with van der Waals surface area (Å²) in [5.41, 5.74) is 0.256. The molecule has 9 heteroatoms. The average Bonchev–Trinajstić information content (AvgIpc) is 2.96. The zero-order valence-electron chi connectivity index (χ0n) is 16.1. The number of amides is 2. The Morgan fingerprint density at radius 2 is 1.89 bits per heavy atom. The normalized spacial score (nSPS) is 19.4. The molecule has 0 unspecified atom stereocenters. The Balaban J connectivity index is 1.51. The molecule has 2 amide bonds. The highest BCUT2D eigenvalue weighted by atomic mass is 79.9. The van der Waals surface area contributed by atoms with Crippen LogP contribution in [0.5, 0.6) is 0 Å². The van der Waals surface area contributed by atoms with Crippen molar-refractivity contribution in [3.8, 4) is 0 Å². The summed E-state index contributed by atoms with van der Waals surface area (Å²) in [6.45, 7) is 6.67. The van der Waals surface area contributed by atoms with Gasteiger partial charge in [0.2, 0.25) is 0 Å². The topological polar surface area (TPSA) is 66.0 Å². The lowest BCUT2D eigenvalue weighted by molar-refractivity contribution is 0.0613. The van der Waals surface area contributed by atoms with E-state index in [0.717, 1.165) is 38.9 Å². The van der Waals surface area contributed by atoms with Crippen LogP contribution in [-0.2, 0) is 4.74 Å². The summed E-state index contributed by atoms with van der Waals surface area (Å²) < 4.78 is 18.5. The van der Waals surface area contributed by atoms with Crippen LogP contribution in [0.3, 0.4) is 0 Å². The number of rotatable bonds is 3. The van der Waals surface area contributed by atoms with Crippen LogP contribution in [0.15, 0.2) is 16.7 Å². The Hall–Kier alpha value is -1.74. The van der Waals surface area contributed by atoms with Crippen molar-refractivity contribution in [1.29, 1.82) is 0 Å². The van der Waals surface area contributed by atoms with Crippen molar-refractivity contribution in [2.45, 2.75) is 32.2 Å². The molecule has 2 aliphatic heterocycles. The first-order valence-corrected chi connectivity index (χ1v) is 10.6. The van der Waals surface area contributed by atoms with Gasteiger partial charge >= 0.3 is 6.09 Å². The summed E-state index contributed by atoms with van der Waals surface area (Å²) in [5, 5.41) is 0. The Kier molecular flexibility index (Phi) is 7.23. The molecule has 0 spiro atoms. The molecule has 0 radical (unpaired) electrons. The van der Waals surface area contributed by atoms with E-state index >= 15 is 0 Å². The lowest BCUT2D eigenvalue weighted by atomic mass is 10.0. The van der Waals surface area contributed by atoms with Crippen LogP contribution in [0.1, 0.15) is 36.7 Å². The lowest BCUT2D eigenvalue weighted by Crippen LogP contribution is -2.48.